The predicted octanol–water partition coefficient (Wildman–Crippen LogP) is 2.68. The summed E-state index contributed by atoms with van der Waals surface area (Å²) in [6.07, 6.45) is 2.63. The maximum absolute atomic E-state index is 11.7. The van der Waals surface area contributed by atoms with Gasteiger partial charge in [0.25, 0.3) is 0 Å². The summed E-state index contributed by atoms with van der Waals surface area (Å²) in [5.41, 5.74) is 0.941. The minimum Gasteiger partial charge on any atom is -0.339 e. The quantitative estimate of drug-likeness (QED) is 0.855. The number of hydrogen-bond donors (Lipinski definition) is 0. The maximum atomic E-state index is 11.7. The molecule has 118 valence electrons. The molecule has 1 aromatic carbocycles. The van der Waals surface area contributed by atoms with Gasteiger partial charge < -0.3 is 4.52 Å². The third-order valence-electron chi connectivity index (χ3n) is 3.84. The lowest BCUT2D eigenvalue weighted by Gasteiger charge is -2.19. The van der Waals surface area contributed by atoms with E-state index in [1.54, 1.807) is 0 Å². The van der Waals surface area contributed by atoms with Gasteiger partial charge in [0.1, 0.15) is 0 Å². The lowest BCUT2D eigenvalue weighted by Crippen LogP contribution is -2.26. The minimum absolute atomic E-state index is 0.0763. The zero-order chi connectivity index (χ0) is 15.6. The van der Waals surface area contributed by atoms with Gasteiger partial charge in [0.05, 0.1) is 11.5 Å². The lowest BCUT2D eigenvalue weighted by atomic mass is 10.0. The summed E-state index contributed by atoms with van der Waals surface area (Å²) < 4.78 is 28.6. The van der Waals surface area contributed by atoms with Crippen LogP contribution in [0.5, 0.6) is 0 Å². The zero-order valence-corrected chi connectivity index (χ0v) is 13.6. The van der Waals surface area contributed by atoms with E-state index in [2.05, 4.69) is 10.1 Å². The Labute approximate surface area is 134 Å². The van der Waals surface area contributed by atoms with Gasteiger partial charge in [0, 0.05) is 17.9 Å². The standard InChI is InChI=1S/C15H17ClN2O3S/c16-13-6-2-1-5-12(13)9-14-17-15(21-18-14)8-11-4-3-7-22(19,20)10-11/h1-2,5-6,11H,3-4,7-10H2. The molecule has 0 bridgehead atoms. The Morgan fingerprint density at radius 1 is 1.32 bits per heavy atom. The van der Waals surface area contributed by atoms with Crippen LogP contribution < -0.4 is 0 Å². The van der Waals surface area contributed by atoms with Gasteiger partial charge >= 0.3 is 0 Å². The highest BCUT2D eigenvalue weighted by Crippen LogP contribution is 2.22. The number of hydrogen-bond acceptors (Lipinski definition) is 5. The van der Waals surface area contributed by atoms with Crippen molar-refractivity contribution in [3.8, 4) is 0 Å². The van der Waals surface area contributed by atoms with E-state index < -0.39 is 9.84 Å². The van der Waals surface area contributed by atoms with Crippen molar-refractivity contribution >= 4 is 21.4 Å². The average molecular weight is 341 g/mol. The minimum atomic E-state index is -2.91. The van der Waals surface area contributed by atoms with Crippen LogP contribution in [0.4, 0.5) is 0 Å². The summed E-state index contributed by atoms with van der Waals surface area (Å²) in [7, 11) is -2.91. The monoisotopic (exact) mass is 340 g/mol. The molecule has 5 nitrogen and oxygen atoms in total. The van der Waals surface area contributed by atoms with Crippen LogP contribution in [0, 0.1) is 5.92 Å². The highest BCUT2D eigenvalue weighted by Gasteiger charge is 2.26. The fraction of sp³-hybridized carbons (Fsp3) is 0.467. The summed E-state index contributed by atoms with van der Waals surface area (Å²) >= 11 is 6.12. The van der Waals surface area contributed by atoms with Gasteiger partial charge in [-0.15, -0.1) is 0 Å². The number of rotatable bonds is 4. The first kappa shape index (κ1) is 15.5. The van der Waals surface area contributed by atoms with Crippen molar-refractivity contribution in [1.29, 1.82) is 0 Å². The maximum Gasteiger partial charge on any atom is 0.226 e. The smallest absolute Gasteiger partial charge is 0.226 e. The first-order chi connectivity index (χ1) is 10.5. The van der Waals surface area contributed by atoms with Gasteiger partial charge in [0.2, 0.25) is 5.89 Å². The summed E-state index contributed by atoms with van der Waals surface area (Å²) in [5.74, 6) is 1.67. The molecule has 1 fully saturated rings. The molecule has 1 aliphatic rings. The second-order valence-electron chi connectivity index (χ2n) is 5.70. The van der Waals surface area contributed by atoms with E-state index in [-0.39, 0.29) is 11.7 Å². The molecule has 1 unspecified atom stereocenters. The highest BCUT2D eigenvalue weighted by atomic mass is 35.5. The van der Waals surface area contributed by atoms with Gasteiger partial charge in [-0.05, 0) is 30.4 Å². The Bertz CT molecular complexity index is 758. The SMILES string of the molecule is O=S1(=O)CCCC(Cc2nc(Cc3ccccc3Cl)no2)C1. The van der Waals surface area contributed by atoms with Crippen LogP contribution in [0.2, 0.25) is 5.02 Å². The molecule has 0 N–H and O–H groups in total. The van der Waals surface area contributed by atoms with E-state index in [4.69, 9.17) is 16.1 Å². The van der Waals surface area contributed by atoms with E-state index in [0.717, 1.165) is 12.0 Å². The number of nitrogens with zero attached hydrogens (tertiary/aromatic N) is 2. The lowest BCUT2D eigenvalue weighted by molar-refractivity contribution is 0.346. The summed E-state index contributed by atoms with van der Waals surface area (Å²) in [5, 5.41) is 4.63. The molecule has 2 aromatic rings. The molecule has 1 atom stereocenters. The Hall–Kier alpha value is -1.40. The van der Waals surface area contributed by atoms with Crippen molar-refractivity contribution in [2.24, 2.45) is 5.92 Å². The van der Waals surface area contributed by atoms with Crippen molar-refractivity contribution in [3.63, 3.8) is 0 Å². The van der Waals surface area contributed by atoms with Crippen LogP contribution in [-0.2, 0) is 22.7 Å². The van der Waals surface area contributed by atoms with Crippen LogP contribution in [-0.4, -0.2) is 30.1 Å². The number of sulfone groups is 1. The van der Waals surface area contributed by atoms with Crippen molar-refractivity contribution in [3.05, 3.63) is 46.6 Å². The Kier molecular flexibility index (Phi) is 4.49. The first-order valence-electron chi connectivity index (χ1n) is 7.27. The molecule has 7 heteroatoms. The van der Waals surface area contributed by atoms with E-state index >= 15 is 0 Å². The van der Waals surface area contributed by atoms with Gasteiger partial charge in [-0.25, -0.2) is 8.42 Å². The van der Waals surface area contributed by atoms with Gasteiger partial charge in [0.15, 0.2) is 15.7 Å². The van der Waals surface area contributed by atoms with Crippen LogP contribution >= 0.6 is 11.6 Å². The largest absolute Gasteiger partial charge is 0.339 e. The fourth-order valence-electron chi connectivity index (χ4n) is 2.78. The first-order valence-corrected chi connectivity index (χ1v) is 9.47. The normalized spacial score (nSPS) is 20.9. The molecular formula is C15H17ClN2O3S. The topological polar surface area (TPSA) is 73.1 Å². The summed E-state index contributed by atoms with van der Waals surface area (Å²) in [6, 6.07) is 7.53. The van der Waals surface area contributed by atoms with E-state index in [1.807, 2.05) is 24.3 Å². The molecule has 0 radical (unpaired) electrons. The van der Waals surface area contributed by atoms with E-state index in [0.29, 0.717) is 41.8 Å². The third kappa shape index (κ3) is 3.87. The van der Waals surface area contributed by atoms with Crippen LogP contribution in [0.15, 0.2) is 28.8 Å². The van der Waals surface area contributed by atoms with Crippen LogP contribution in [0.25, 0.3) is 0 Å². The second kappa shape index (κ2) is 6.38. The van der Waals surface area contributed by atoms with E-state index in [1.165, 1.54) is 0 Å². The Balaban J connectivity index is 1.65. The van der Waals surface area contributed by atoms with Crippen molar-refractivity contribution in [2.45, 2.75) is 25.7 Å². The molecular weight excluding hydrogens is 324 g/mol. The molecule has 0 spiro atoms. The predicted molar refractivity (Wildman–Crippen MR) is 83.6 cm³/mol. The van der Waals surface area contributed by atoms with Crippen molar-refractivity contribution < 1.29 is 12.9 Å². The number of aromatic nitrogens is 2. The fourth-order valence-corrected chi connectivity index (χ4v) is 4.76. The Morgan fingerprint density at radius 2 is 2.14 bits per heavy atom. The molecule has 0 amide bonds. The summed E-state index contributed by atoms with van der Waals surface area (Å²) in [6.45, 7) is 0. The molecule has 0 aliphatic carbocycles. The van der Waals surface area contributed by atoms with Gasteiger partial charge in [-0.3, -0.25) is 0 Å². The van der Waals surface area contributed by atoms with Gasteiger partial charge in [-0.1, -0.05) is 35.0 Å². The number of benzene rings is 1. The second-order valence-corrected chi connectivity index (χ2v) is 8.34. The Morgan fingerprint density at radius 3 is 2.91 bits per heavy atom. The molecule has 0 saturated carbocycles. The average Bonchev–Trinajstić information content (AvgIpc) is 2.87. The van der Waals surface area contributed by atoms with Crippen LogP contribution in [0.3, 0.4) is 0 Å². The van der Waals surface area contributed by atoms with Crippen molar-refractivity contribution in [2.75, 3.05) is 11.5 Å². The third-order valence-corrected chi connectivity index (χ3v) is 6.10. The summed E-state index contributed by atoms with van der Waals surface area (Å²) in [4.78, 5) is 4.36. The van der Waals surface area contributed by atoms with Crippen LogP contribution in [0.1, 0.15) is 30.1 Å². The molecule has 1 saturated heterocycles. The zero-order valence-electron chi connectivity index (χ0n) is 12.0. The van der Waals surface area contributed by atoms with Crippen molar-refractivity contribution in [1.82, 2.24) is 10.1 Å². The number of halogens is 1. The molecule has 1 aromatic heterocycles. The molecule has 3 rings (SSSR count). The van der Waals surface area contributed by atoms with Gasteiger partial charge in [-0.2, -0.15) is 4.98 Å². The van der Waals surface area contributed by atoms with E-state index in [9.17, 15) is 8.42 Å². The molecule has 22 heavy (non-hydrogen) atoms. The molecule has 1 aliphatic heterocycles. The highest BCUT2D eigenvalue weighted by molar-refractivity contribution is 7.91. The molecule has 2 heterocycles.